The van der Waals surface area contributed by atoms with Crippen molar-refractivity contribution in [2.45, 2.75) is 150 Å². The quantitative estimate of drug-likeness (QED) is 0.126. The van der Waals surface area contributed by atoms with Crippen molar-refractivity contribution in [3.05, 3.63) is 23.3 Å². The molecule has 4 aliphatic carbocycles. The average molecular weight is 571 g/mol. The maximum atomic E-state index is 13.4. The van der Waals surface area contributed by atoms with Crippen LogP contribution >= 0.6 is 0 Å². The van der Waals surface area contributed by atoms with Gasteiger partial charge in [0.2, 0.25) is 0 Å². The number of fused-ring (bicyclic) bond motifs is 5. The fraction of sp³-hybridized carbons (Fsp3) is 0.833. The molecule has 4 rings (SSSR count). The van der Waals surface area contributed by atoms with Crippen molar-refractivity contribution in [3.8, 4) is 0 Å². The minimum Gasteiger partial charge on any atom is -0.458 e. The van der Waals surface area contributed by atoms with E-state index in [1.807, 2.05) is 13.0 Å². The Kier molecular flexibility index (Phi) is 9.42. The summed E-state index contributed by atoms with van der Waals surface area (Å²) in [5.41, 5.74) is -2.28. The van der Waals surface area contributed by atoms with Gasteiger partial charge in [-0.25, -0.2) is 0 Å². The van der Waals surface area contributed by atoms with Gasteiger partial charge in [-0.05, 0) is 48.2 Å². The highest BCUT2D eigenvalue weighted by atomic mass is 16.6. The highest BCUT2D eigenvalue weighted by Crippen LogP contribution is 2.80. The summed E-state index contributed by atoms with van der Waals surface area (Å²) in [5.74, 6) is -0.198. The number of hydrogen-bond acceptors (Lipinski definition) is 5. The normalized spacial score (nSPS) is 38.8. The molecular weight excluding hydrogens is 512 g/mol. The number of carbonyl (C=O) groups excluding carboxylic acids is 2. The SMILES string of the molecule is CCCCCCCCCCCCCC(=O)O[C@@]12C[C@@H](C)[C@@]3(C)[C@@H](C=C(CO)C[C@]4(O)C(=O)C(C)=C[C@@]34C)[C@@H]1C2(C)C. The van der Waals surface area contributed by atoms with Crippen molar-refractivity contribution in [1.29, 1.82) is 0 Å². The lowest BCUT2D eigenvalue weighted by Gasteiger charge is -2.58. The molecule has 0 unspecified atom stereocenters. The Morgan fingerprint density at radius 1 is 0.976 bits per heavy atom. The Morgan fingerprint density at radius 2 is 1.54 bits per heavy atom. The van der Waals surface area contributed by atoms with E-state index in [4.69, 9.17) is 4.74 Å². The van der Waals surface area contributed by atoms with E-state index in [0.29, 0.717) is 17.6 Å². The summed E-state index contributed by atoms with van der Waals surface area (Å²) >= 11 is 0. The first-order chi connectivity index (χ1) is 19.3. The lowest BCUT2D eigenvalue weighted by atomic mass is 9.46. The number of aliphatic hydroxyl groups is 2. The highest BCUT2D eigenvalue weighted by Gasteiger charge is 2.83. The maximum absolute atomic E-state index is 13.4. The van der Waals surface area contributed by atoms with Crippen LogP contribution in [0.1, 0.15) is 138 Å². The van der Waals surface area contributed by atoms with Gasteiger partial charge in [0.1, 0.15) is 11.2 Å². The monoisotopic (exact) mass is 570 g/mol. The first kappa shape index (κ1) is 32.5. The summed E-state index contributed by atoms with van der Waals surface area (Å²) in [4.78, 5) is 26.6. The molecule has 0 radical (unpaired) electrons. The van der Waals surface area contributed by atoms with Gasteiger partial charge in [-0.1, -0.05) is 118 Å². The molecule has 0 amide bonds. The Morgan fingerprint density at radius 3 is 2.10 bits per heavy atom. The molecule has 41 heavy (non-hydrogen) atoms. The third kappa shape index (κ3) is 5.09. The molecule has 0 heterocycles. The fourth-order valence-electron chi connectivity index (χ4n) is 9.67. The van der Waals surface area contributed by atoms with E-state index in [0.717, 1.165) is 19.3 Å². The van der Waals surface area contributed by atoms with Crippen LogP contribution in [0.5, 0.6) is 0 Å². The van der Waals surface area contributed by atoms with Crippen molar-refractivity contribution in [3.63, 3.8) is 0 Å². The summed E-state index contributed by atoms with van der Waals surface area (Å²) in [7, 11) is 0. The van der Waals surface area contributed by atoms with Crippen LogP contribution in [-0.4, -0.2) is 39.8 Å². The zero-order chi connectivity index (χ0) is 30.3. The smallest absolute Gasteiger partial charge is 0.306 e. The molecule has 0 aromatic heterocycles. The molecule has 0 bridgehead atoms. The van der Waals surface area contributed by atoms with Crippen molar-refractivity contribution in [2.75, 3.05) is 6.61 Å². The molecule has 5 nitrogen and oxygen atoms in total. The van der Waals surface area contributed by atoms with Crippen LogP contribution in [0.4, 0.5) is 0 Å². The van der Waals surface area contributed by atoms with E-state index in [-0.39, 0.29) is 47.9 Å². The van der Waals surface area contributed by atoms with Crippen molar-refractivity contribution in [1.82, 2.24) is 0 Å². The molecule has 2 saturated carbocycles. The van der Waals surface area contributed by atoms with Gasteiger partial charge in [0.15, 0.2) is 5.78 Å². The number of Topliss-reactive ketones (excluding diaryl/α,β-unsaturated/α-hetero) is 1. The van der Waals surface area contributed by atoms with Gasteiger partial charge in [0, 0.05) is 29.6 Å². The molecule has 0 aromatic rings. The van der Waals surface area contributed by atoms with Gasteiger partial charge in [-0.3, -0.25) is 9.59 Å². The van der Waals surface area contributed by atoms with Gasteiger partial charge >= 0.3 is 5.97 Å². The van der Waals surface area contributed by atoms with Crippen LogP contribution in [0.15, 0.2) is 23.3 Å². The zero-order valence-electron chi connectivity index (χ0n) is 27.1. The molecule has 232 valence electrons. The lowest BCUT2D eigenvalue weighted by Crippen LogP contribution is -2.61. The van der Waals surface area contributed by atoms with Crippen molar-refractivity contribution < 1.29 is 24.5 Å². The first-order valence-electron chi connectivity index (χ1n) is 16.8. The summed E-state index contributed by atoms with van der Waals surface area (Å²) in [6.45, 7) is 14.7. The largest absolute Gasteiger partial charge is 0.458 e. The predicted molar refractivity (Wildman–Crippen MR) is 164 cm³/mol. The van der Waals surface area contributed by atoms with Crippen LogP contribution in [-0.2, 0) is 14.3 Å². The fourth-order valence-corrected chi connectivity index (χ4v) is 9.67. The predicted octanol–water partition coefficient (Wildman–Crippen LogP) is 7.88. The first-order valence-corrected chi connectivity index (χ1v) is 16.8. The second-order valence-corrected chi connectivity index (χ2v) is 15.1. The second kappa shape index (κ2) is 11.9. The Balaban J connectivity index is 1.41. The van der Waals surface area contributed by atoms with E-state index in [1.54, 1.807) is 6.92 Å². The van der Waals surface area contributed by atoms with E-state index >= 15 is 0 Å². The minimum atomic E-state index is -1.58. The number of ether oxygens (including phenoxy) is 1. The van der Waals surface area contributed by atoms with E-state index < -0.39 is 22.0 Å². The summed E-state index contributed by atoms with van der Waals surface area (Å²) in [6.07, 6.45) is 19.2. The zero-order valence-corrected chi connectivity index (χ0v) is 27.1. The third-order valence-electron chi connectivity index (χ3n) is 12.6. The molecule has 2 fully saturated rings. The number of carbonyl (C=O) groups is 2. The molecule has 0 aliphatic heterocycles. The second-order valence-electron chi connectivity index (χ2n) is 15.1. The summed E-state index contributed by atoms with van der Waals surface area (Å²) in [6, 6.07) is 0. The minimum absolute atomic E-state index is 0.0350. The van der Waals surface area contributed by atoms with Gasteiger partial charge < -0.3 is 14.9 Å². The summed E-state index contributed by atoms with van der Waals surface area (Å²) in [5, 5.41) is 22.4. The molecule has 0 aromatic carbocycles. The molecule has 2 N–H and O–H groups in total. The van der Waals surface area contributed by atoms with E-state index in [2.05, 4.69) is 40.7 Å². The highest BCUT2D eigenvalue weighted by molar-refractivity contribution is 6.05. The topological polar surface area (TPSA) is 83.8 Å². The van der Waals surface area contributed by atoms with E-state index in [9.17, 15) is 19.8 Å². The Bertz CT molecular complexity index is 1060. The summed E-state index contributed by atoms with van der Waals surface area (Å²) < 4.78 is 6.47. The molecule has 7 atom stereocenters. The van der Waals surface area contributed by atoms with Crippen LogP contribution in [0.2, 0.25) is 0 Å². The van der Waals surface area contributed by atoms with Crippen LogP contribution in [0, 0.1) is 34.0 Å². The molecule has 0 saturated heterocycles. The van der Waals surface area contributed by atoms with Crippen molar-refractivity contribution in [2.24, 2.45) is 34.0 Å². The molecular formula is C36H58O5. The van der Waals surface area contributed by atoms with Gasteiger partial charge in [-0.2, -0.15) is 0 Å². The maximum Gasteiger partial charge on any atom is 0.306 e. The Labute approximate surface area is 249 Å². The molecule has 5 heteroatoms. The van der Waals surface area contributed by atoms with Gasteiger partial charge in [-0.15, -0.1) is 0 Å². The number of hydrogen-bond donors (Lipinski definition) is 2. The number of esters is 1. The van der Waals surface area contributed by atoms with E-state index in [1.165, 1.54) is 57.8 Å². The molecule has 4 aliphatic rings. The van der Waals surface area contributed by atoms with Crippen molar-refractivity contribution >= 4 is 11.8 Å². The van der Waals surface area contributed by atoms with Crippen LogP contribution in [0.25, 0.3) is 0 Å². The number of unbranched alkanes of at least 4 members (excludes halogenated alkanes) is 10. The lowest BCUT2D eigenvalue weighted by molar-refractivity contribution is -0.179. The number of ketones is 1. The van der Waals surface area contributed by atoms with Gasteiger partial charge in [0.25, 0.3) is 0 Å². The van der Waals surface area contributed by atoms with Crippen LogP contribution in [0.3, 0.4) is 0 Å². The average Bonchev–Trinajstić information content (AvgIpc) is 3.34. The van der Waals surface area contributed by atoms with Gasteiger partial charge in [0.05, 0.1) is 6.61 Å². The molecule has 0 spiro atoms. The number of aliphatic hydroxyl groups excluding tert-OH is 1. The number of allylic oxidation sites excluding steroid dienone is 1. The standard InChI is InChI=1S/C36H58O5/c1-8-9-10-11-12-13-14-15-16-17-18-19-29(38)41-36-22-26(3)34(7)28(30(36)32(36,4)5)20-27(24-37)23-35(40)31(39)25(2)21-33(34,35)6/h20-21,26,28,30,37,40H,8-19,22-24H2,1-7H3/t26-,28+,30-,33+,34+,35+,36+/m1/s1. The third-order valence-corrected chi connectivity index (χ3v) is 12.6. The number of rotatable bonds is 14. The Hall–Kier alpha value is -1.46. The van der Waals surface area contributed by atoms with Crippen LogP contribution < -0.4 is 0 Å².